The highest BCUT2D eigenvalue weighted by atomic mass is 16.5. The lowest BCUT2D eigenvalue weighted by Gasteiger charge is -2.34. The quantitative estimate of drug-likeness (QED) is 0.652. The van der Waals surface area contributed by atoms with Gasteiger partial charge in [0.1, 0.15) is 0 Å². The monoisotopic (exact) mass is 274 g/mol. The van der Waals surface area contributed by atoms with Gasteiger partial charge in [0.25, 0.3) is 0 Å². The highest BCUT2D eigenvalue weighted by Crippen LogP contribution is 2.10. The van der Waals surface area contributed by atoms with E-state index in [0.717, 1.165) is 12.8 Å². The fourth-order valence-electron chi connectivity index (χ4n) is 1.96. The number of amides is 2. The Labute approximate surface area is 112 Å². The number of morpholine rings is 1. The first-order valence-corrected chi connectivity index (χ1v) is 6.48. The van der Waals surface area contributed by atoms with Crippen molar-refractivity contribution in [2.75, 3.05) is 40.0 Å². The fourth-order valence-corrected chi connectivity index (χ4v) is 1.96. The second-order valence-electron chi connectivity index (χ2n) is 4.45. The van der Waals surface area contributed by atoms with Crippen LogP contribution in [0.1, 0.15) is 19.3 Å². The van der Waals surface area contributed by atoms with E-state index >= 15 is 0 Å². The minimum atomic E-state index is -0.923. The molecule has 2 amide bonds. The van der Waals surface area contributed by atoms with Gasteiger partial charge in [0, 0.05) is 26.8 Å². The molecule has 1 unspecified atom stereocenters. The maximum Gasteiger partial charge on any atom is 0.317 e. The molecule has 1 saturated heterocycles. The van der Waals surface area contributed by atoms with Gasteiger partial charge in [0.2, 0.25) is 0 Å². The second-order valence-corrected chi connectivity index (χ2v) is 4.45. The number of nitrogens with one attached hydrogen (secondary N) is 1. The van der Waals surface area contributed by atoms with Crippen LogP contribution in [-0.4, -0.2) is 68.1 Å². The number of carboxylic acids is 1. The molecule has 1 fully saturated rings. The Balaban J connectivity index is 2.32. The summed E-state index contributed by atoms with van der Waals surface area (Å²) in [4.78, 5) is 24.2. The summed E-state index contributed by atoms with van der Waals surface area (Å²) in [6.45, 7) is 2.41. The highest BCUT2D eigenvalue weighted by molar-refractivity contribution is 5.76. The van der Waals surface area contributed by atoms with E-state index in [1.165, 1.54) is 0 Å². The predicted molar refractivity (Wildman–Crippen MR) is 68.1 cm³/mol. The molecule has 0 aromatic heterocycles. The molecule has 0 radical (unpaired) electrons. The summed E-state index contributed by atoms with van der Waals surface area (Å²) < 4.78 is 10.1. The van der Waals surface area contributed by atoms with E-state index in [1.54, 1.807) is 12.0 Å². The summed E-state index contributed by atoms with van der Waals surface area (Å²) in [6.07, 6.45) is 1.64. The number of nitrogens with zero attached hydrogens (tertiary/aromatic N) is 1. The number of hydrogen-bond acceptors (Lipinski definition) is 4. The minimum absolute atomic E-state index is 0.0862. The second kappa shape index (κ2) is 8.71. The van der Waals surface area contributed by atoms with Crippen molar-refractivity contribution in [2.24, 2.45) is 0 Å². The molecule has 1 rings (SSSR count). The third-order valence-electron chi connectivity index (χ3n) is 2.95. The van der Waals surface area contributed by atoms with Crippen molar-refractivity contribution < 1.29 is 24.2 Å². The normalized spacial score (nSPS) is 19.2. The van der Waals surface area contributed by atoms with Crippen LogP contribution < -0.4 is 5.32 Å². The van der Waals surface area contributed by atoms with E-state index < -0.39 is 5.97 Å². The first-order valence-electron chi connectivity index (χ1n) is 6.48. The Bertz CT molecular complexity index is 298. The maximum atomic E-state index is 12.0. The maximum absolute atomic E-state index is 12.0. The van der Waals surface area contributed by atoms with Crippen molar-refractivity contribution in [3.63, 3.8) is 0 Å². The molecule has 19 heavy (non-hydrogen) atoms. The number of ether oxygens (including phenoxy) is 2. The summed E-state index contributed by atoms with van der Waals surface area (Å²) >= 11 is 0. The zero-order valence-corrected chi connectivity index (χ0v) is 11.3. The number of carbonyl (C=O) groups is 2. The van der Waals surface area contributed by atoms with E-state index in [2.05, 4.69) is 5.32 Å². The average molecular weight is 274 g/mol. The van der Waals surface area contributed by atoms with Gasteiger partial charge in [-0.2, -0.15) is 0 Å². The topological polar surface area (TPSA) is 88.1 Å². The van der Waals surface area contributed by atoms with Crippen LogP contribution >= 0.6 is 0 Å². The van der Waals surface area contributed by atoms with E-state index in [0.29, 0.717) is 26.3 Å². The summed E-state index contributed by atoms with van der Waals surface area (Å²) in [5.41, 5.74) is 0. The molecular formula is C12H22N2O5. The van der Waals surface area contributed by atoms with Gasteiger partial charge >= 0.3 is 12.0 Å². The van der Waals surface area contributed by atoms with Crippen LogP contribution in [0.2, 0.25) is 0 Å². The molecule has 0 aromatic carbocycles. The lowest BCUT2D eigenvalue weighted by atomic mass is 10.1. The first kappa shape index (κ1) is 15.7. The minimum Gasteiger partial charge on any atom is -0.481 e. The highest BCUT2D eigenvalue weighted by Gasteiger charge is 2.28. The summed E-state index contributed by atoms with van der Waals surface area (Å²) in [5, 5.41) is 11.6. The van der Waals surface area contributed by atoms with Gasteiger partial charge in [-0.05, 0) is 12.8 Å². The summed E-state index contributed by atoms with van der Waals surface area (Å²) in [6, 6.07) is -0.600. The molecular weight excluding hydrogens is 252 g/mol. The first-order chi connectivity index (χ1) is 9.15. The number of unbranched alkanes of at least 4 members (excludes halogenated alkanes) is 1. The zero-order valence-electron chi connectivity index (χ0n) is 11.3. The largest absolute Gasteiger partial charge is 0.481 e. The molecule has 0 aliphatic carbocycles. The number of hydrogen-bond donors (Lipinski definition) is 2. The van der Waals surface area contributed by atoms with Crippen LogP contribution in [0.25, 0.3) is 0 Å². The lowest BCUT2D eigenvalue weighted by molar-refractivity contribution is -0.139. The van der Waals surface area contributed by atoms with E-state index in [1.807, 2.05) is 0 Å². The predicted octanol–water partition coefficient (Wildman–Crippen LogP) is 0.298. The number of methoxy groups -OCH3 is 1. The smallest absolute Gasteiger partial charge is 0.317 e. The van der Waals surface area contributed by atoms with Crippen molar-refractivity contribution in [1.82, 2.24) is 10.2 Å². The van der Waals surface area contributed by atoms with Gasteiger partial charge in [-0.3, -0.25) is 4.79 Å². The molecule has 1 atom stereocenters. The average Bonchev–Trinajstić information content (AvgIpc) is 2.38. The molecule has 1 heterocycles. The number of rotatable bonds is 7. The van der Waals surface area contributed by atoms with Crippen LogP contribution in [0.3, 0.4) is 0 Å². The standard InChI is InChI=1S/C12H22N2O5/c1-18-6-3-2-4-13-12(17)14-5-7-19-9-10(14)8-11(15)16/h10H,2-9H2,1H3,(H,13,17)(H,15,16). The van der Waals surface area contributed by atoms with Crippen LogP contribution in [0.15, 0.2) is 0 Å². The van der Waals surface area contributed by atoms with Crippen LogP contribution in [-0.2, 0) is 14.3 Å². The van der Waals surface area contributed by atoms with Crippen molar-refractivity contribution in [2.45, 2.75) is 25.3 Å². The molecule has 1 aliphatic heterocycles. The Morgan fingerprint density at radius 2 is 2.26 bits per heavy atom. The number of aliphatic carboxylic acids is 1. The number of carboxylic acid groups (broad SMARTS) is 1. The van der Waals surface area contributed by atoms with Crippen molar-refractivity contribution >= 4 is 12.0 Å². The Morgan fingerprint density at radius 1 is 1.47 bits per heavy atom. The van der Waals surface area contributed by atoms with Crippen molar-refractivity contribution in [3.8, 4) is 0 Å². The lowest BCUT2D eigenvalue weighted by Crippen LogP contribution is -2.53. The van der Waals surface area contributed by atoms with Gasteiger partial charge in [0.15, 0.2) is 0 Å². The molecule has 0 aromatic rings. The molecule has 0 spiro atoms. The van der Waals surface area contributed by atoms with Crippen LogP contribution in [0.4, 0.5) is 4.79 Å². The van der Waals surface area contributed by atoms with E-state index in [-0.39, 0.29) is 25.1 Å². The van der Waals surface area contributed by atoms with Crippen LogP contribution in [0, 0.1) is 0 Å². The summed E-state index contributed by atoms with van der Waals surface area (Å²) in [5.74, 6) is -0.923. The Hall–Kier alpha value is -1.34. The Kier molecular flexibility index (Phi) is 7.20. The SMILES string of the molecule is COCCCCNC(=O)N1CCOCC1CC(=O)O. The van der Waals surface area contributed by atoms with Gasteiger partial charge < -0.3 is 24.8 Å². The molecule has 7 nitrogen and oxygen atoms in total. The third kappa shape index (κ3) is 5.89. The van der Waals surface area contributed by atoms with Gasteiger partial charge in [-0.15, -0.1) is 0 Å². The third-order valence-corrected chi connectivity index (χ3v) is 2.95. The van der Waals surface area contributed by atoms with E-state index in [4.69, 9.17) is 14.6 Å². The molecule has 2 N–H and O–H groups in total. The summed E-state index contributed by atoms with van der Waals surface area (Å²) in [7, 11) is 1.64. The number of carbonyl (C=O) groups excluding carboxylic acids is 1. The van der Waals surface area contributed by atoms with Gasteiger partial charge in [0.05, 0.1) is 25.7 Å². The van der Waals surface area contributed by atoms with Crippen molar-refractivity contribution in [3.05, 3.63) is 0 Å². The van der Waals surface area contributed by atoms with E-state index in [9.17, 15) is 9.59 Å². The van der Waals surface area contributed by atoms with Gasteiger partial charge in [-0.1, -0.05) is 0 Å². The van der Waals surface area contributed by atoms with Gasteiger partial charge in [-0.25, -0.2) is 4.79 Å². The Morgan fingerprint density at radius 3 is 2.95 bits per heavy atom. The molecule has 110 valence electrons. The van der Waals surface area contributed by atoms with Crippen molar-refractivity contribution in [1.29, 1.82) is 0 Å². The van der Waals surface area contributed by atoms with Crippen LogP contribution in [0.5, 0.6) is 0 Å². The zero-order chi connectivity index (χ0) is 14.1. The molecule has 7 heteroatoms. The number of urea groups is 1. The molecule has 1 aliphatic rings. The molecule has 0 saturated carbocycles. The molecule has 0 bridgehead atoms. The fraction of sp³-hybridized carbons (Fsp3) is 0.833.